The van der Waals surface area contributed by atoms with E-state index in [0.29, 0.717) is 5.56 Å². The molecule has 0 radical (unpaired) electrons. The Morgan fingerprint density at radius 1 is 1.43 bits per heavy atom. The van der Waals surface area contributed by atoms with Crippen LogP contribution < -0.4 is 11.3 Å². The van der Waals surface area contributed by atoms with E-state index in [0.717, 1.165) is 10.9 Å². The summed E-state index contributed by atoms with van der Waals surface area (Å²) in [5.74, 6) is 4.83. The summed E-state index contributed by atoms with van der Waals surface area (Å²) in [6, 6.07) is 7.70. The Balaban J connectivity index is 2.72. The highest BCUT2D eigenvalue weighted by Gasteiger charge is 2.11. The SMILES string of the molecule is Cn1cc(C(=O)NN)c2ccccc21. The zero-order valence-electron chi connectivity index (χ0n) is 7.82. The minimum Gasteiger partial charge on any atom is -0.350 e. The molecule has 14 heavy (non-hydrogen) atoms. The molecule has 1 aromatic heterocycles. The number of hydrogen-bond donors (Lipinski definition) is 2. The number of nitrogen functional groups attached to an aromatic ring is 1. The average molecular weight is 189 g/mol. The molecule has 0 spiro atoms. The highest BCUT2D eigenvalue weighted by Crippen LogP contribution is 2.19. The lowest BCUT2D eigenvalue weighted by Crippen LogP contribution is -2.29. The van der Waals surface area contributed by atoms with Crippen LogP contribution in [0.4, 0.5) is 0 Å². The molecule has 0 aliphatic heterocycles. The number of hydrogen-bond acceptors (Lipinski definition) is 2. The Labute approximate surface area is 81.3 Å². The Morgan fingerprint density at radius 2 is 2.14 bits per heavy atom. The lowest BCUT2D eigenvalue weighted by atomic mass is 10.2. The third-order valence-corrected chi connectivity index (χ3v) is 2.27. The third-order valence-electron chi connectivity index (χ3n) is 2.27. The van der Waals surface area contributed by atoms with Crippen LogP contribution in [0.3, 0.4) is 0 Å². The summed E-state index contributed by atoms with van der Waals surface area (Å²) in [6.45, 7) is 0. The molecular formula is C10H11N3O. The van der Waals surface area contributed by atoms with Crippen LogP contribution in [-0.4, -0.2) is 10.5 Å². The number of amides is 1. The van der Waals surface area contributed by atoms with E-state index < -0.39 is 0 Å². The summed E-state index contributed by atoms with van der Waals surface area (Å²) in [6.07, 6.45) is 1.77. The van der Waals surface area contributed by atoms with Gasteiger partial charge in [0.1, 0.15) is 0 Å². The quantitative estimate of drug-likeness (QED) is 0.395. The predicted octanol–water partition coefficient (Wildman–Crippen LogP) is 0.782. The minimum atomic E-state index is -0.262. The van der Waals surface area contributed by atoms with Crippen molar-refractivity contribution in [2.24, 2.45) is 12.9 Å². The first-order chi connectivity index (χ1) is 6.74. The maximum atomic E-state index is 11.4. The van der Waals surface area contributed by atoms with Crippen molar-refractivity contribution in [3.8, 4) is 0 Å². The van der Waals surface area contributed by atoms with Gasteiger partial charge in [0.15, 0.2) is 0 Å². The van der Waals surface area contributed by atoms with Gasteiger partial charge in [0.05, 0.1) is 5.56 Å². The van der Waals surface area contributed by atoms with Gasteiger partial charge in [-0.25, -0.2) is 5.84 Å². The van der Waals surface area contributed by atoms with E-state index in [1.807, 2.05) is 35.9 Å². The fourth-order valence-electron chi connectivity index (χ4n) is 1.60. The summed E-state index contributed by atoms with van der Waals surface area (Å²) in [5, 5.41) is 0.915. The number of fused-ring (bicyclic) bond motifs is 1. The van der Waals surface area contributed by atoms with Gasteiger partial charge in [0.25, 0.3) is 5.91 Å². The molecule has 2 rings (SSSR count). The number of nitrogens with zero attached hydrogens (tertiary/aromatic N) is 1. The van der Waals surface area contributed by atoms with Crippen molar-refractivity contribution in [2.75, 3.05) is 0 Å². The molecule has 0 aliphatic rings. The van der Waals surface area contributed by atoms with Gasteiger partial charge in [0, 0.05) is 24.1 Å². The van der Waals surface area contributed by atoms with Gasteiger partial charge in [-0.15, -0.1) is 0 Å². The molecule has 4 nitrogen and oxygen atoms in total. The van der Waals surface area contributed by atoms with Crippen molar-refractivity contribution >= 4 is 16.8 Å². The van der Waals surface area contributed by atoms with E-state index in [1.165, 1.54) is 0 Å². The highest BCUT2D eigenvalue weighted by atomic mass is 16.2. The lowest BCUT2D eigenvalue weighted by molar-refractivity contribution is 0.0955. The molecule has 0 saturated heterocycles. The normalized spacial score (nSPS) is 10.4. The molecule has 1 amide bonds. The summed E-state index contributed by atoms with van der Waals surface area (Å²) in [4.78, 5) is 11.4. The van der Waals surface area contributed by atoms with E-state index >= 15 is 0 Å². The average Bonchev–Trinajstić information content (AvgIpc) is 2.56. The molecule has 0 bridgehead atoms. The Bertz CT molecular complexity index is 487. The molecule has 2 aromatic rings. The van der Waals surface area contributed by atoms with Crippen molar-refractivity contribution in [1.29, 1.82) is 0 Å². The highest BCUT2D eigenvalue weighted by molar-refractivity contribution is 6.06. The first-order valence-electron chi connectivity index (χ1n) is 4.29. The number of rotatable bonds is 1. The number of para-hydroxylation sites is 1. The molecule has 4 heteroatoms. The van der Waals surface area contributed by atoms with Crippen molar-refractivity contribution < 1.29 is 4.79 Å². The number of carbonyl (C=O) groups excluding carboxylic acids is 1. The zero-order valence-corrected chi connectivity index (χ0v) is 7.82. The third kappa shape index (κ3) is 1.16. The molecule has 72 valence electrons. The van der Waals surface area contributed by atoms with Crippen LogP contribution >= 0.6 is 0 Å². The van der Waals surface area contributed by atoms with E-state index in [1.54, 1.807) is 6.20 Å². The van der Waals surface area contributed by atoms with E-state index in [-0.39, 0.29) is 5.91 Å². The van der Waals surface area contributed by atoms with E-state index in [2.05, 4.69) is 5.43 Å². The molecular weight excluding hydrogens is 178 g/mol. The fourth-order valence-corrected chi connectivity index (χ4v) is 1.60. The Morgan fingerprint density at radius 3 is 2.86 bits per heavy atom. The van der Waals surface area contributed by atoms with Crippen LogP contribution in [0.2, 0.25) is 0 Å². The van der Waals surface area contributed by atoms with Crippen LogP contribution in [0.15, 0.2) is 30.5 Å². The number of carbonyl (C=O) groups is 1. The molecule has 0 atom stereocenters. The summed E-state index contributed by atoms with van der Waals surface area (Å²) in [7, 11) is 1.90. The topological polar surface area (TPSA) is 60.0 Å². The standard InChI is InChI=1S/C10H11N3O/c1-13-6-8(10(14)12-11)7-4-2-3-5-9(7)13/h2-6H,11H2,1H3,(H,12,14). The zero-order chi connectivity index (χ0) is 10.1. The Kier molecular flexibility index (Phi) is 1.98. The number of aryl methyl sites for hydroxylation is 1. The second kappa shape index (κ2) is 3.16. The van der Waals surface area contributed by atoms with Crippen LogP contribution in [0.5, 0.6) is 0 Å². The summed E-state index contributed by atoms with van der Waals surface area (Å²) in [5.41, 5.74) is 3.76. The second-order valence-electron chi connectivity index (χ2n) is 3.14. The summed E-state index contributed by atoms with van der Waals surface area (Å²) >= 11 is 0. The second-order valence-corrected chi connectivity index (χ2v) is 3.14. The first-order valence-corrected chi connectivity index (χ1v) is 4.29. The van der Waals surface area contributed by atoms with Gasteiger partial charge in [0.2, 0.25) is 0 Å². The summed E-state index contributed by atoms with van der Waals surface area (Å²) < 4.78 is 1.90. The largest absolute Gasteiger partial charge is 0.350 e. The molecule has 0 unspecified atom stereocenters. The minimum absolute atomic E-state index is 0.262. The molecule has 1 aromatic carbocycles. The monoisotopic (exact) mass is 189 g/mol. The van der Waals surface area contributed by atoms with Crippen molar-refractivity contribution in [2.45, 2.75) is 0 Å². The van der Waals surface area contributed by atoms with Gasteiger partial charge in [-0.1, -0.05) is 18.2 Å². The maximum Gasteiger partial charge on any atom is 0.267 e. The van der Waals surface area contributed by atoms with Crippen molar-refractivity contribution in [3.05, 3.63) is 36.0 Å². The lowest BCUT2D eigenvalue weighted by Gasteiger charge is -1.95. The van der Waals surface area contributed by atoms with Crippen LogP contribution in [-0.2, 0) is 7.05 Å². The molecule has 0 fully saturated rings. The van der Waals surface area contributed by atoms with E-state index in [9.17, 15) is 4.79 Å². The number of benzene rings is 1. The van der Waals surface area contributed by atoms with Crippen LogP contribution in [0.25, 0.3) is 10.9 Å². The van der Waals surface area contributed by atoms with Crippen LogP contribution in [0.1, 0.15) is 10.4 Å². The van der Waals surface area contributed by atoms with Gasteiger partial charge >= 0.3 is 0 Å². The number of nitrogens with two attached hydrogens (primary N) is 1. The predicted molar refractivity (Wildman–Crippen MR) is 54.6 cm³/mol. The van der Waals surface area contributed by atoms with Gasteiger partial charge < -0.3 is 4.57 Å². The number of aromatic nitrogens is 1. The van der Waals surface area contributed by atoms with Gasteiger partial charge in [-0.2, -0.15) is 0 Å². The smallest absolute Gasteiger partial charge is 0.267 e. The van der Waals surface area contributed by atoms with E-state index in [4.69, 9.17) is 5.84 Å². The fraction of sp³-hybridized carbons (Fsp3) is 0.100. The maximum absolute atomic E-state index is 11.4. The van der Waals surface area contributed by atoms with Crippen molar-refractivity contribution in [3.63, 3.8) is 0 Å². The number of nitrogens with one attached hydrogen (secondary N) is 1. The van der Waals surface area contributed by atoms with Gasteiger partial charge in [-0.3, -0.25) is 10.2 Å². The molecule has 0 saturated carbocycles. The Hall–Kier alpha value is -1.81. The molecule has 0 aliphatic carbocycles. The molecule has 3 N–H and O–H groups in total. The first kappa shape index (κ1) is 8.77. The number of hydrazine groups is 1. The molecule has 1 heterocycles. The van der Waals surface area contributed by atoms with Gasteiger partial charge in [-0.05, 0) is 6.07 Å². The van der Waals surface area contributed by atoms with Crippen molar-refractivity contribution in [1.82, 2.24) is 9.99 Å². The van der Waals surface area contributed by atoms with Crippen LogP contribution in [0, 0.1) is 0 Å².